The van der Waals surface area contributed by atoms with Crippen molar-refractivity contribution in [2.24, 2.45) is 0 Å². The highest BCUT2D eigenvalue weighted by atomic mass is 32.2. The molecule has 0 spiro atoms. The van der Waals surface area contributed by atoms with E-state index in [2.05, 4.69) is 23.2 Å². The van der Waals surface area contributed by atoms with E-state index in [1.165, 1.54) is 11.8 Å². The van der Waals surface area contributed by atoms with E-state index in [1.54, 1.807) is 0 Å². The predicted octanol–water partition coefficient (Wildman–Crippen LogP) is 4.86. The Kier molecular flexibility index (Phi) is 5.28. The van der Waals surface area contributed by atoms with Gasteiger partial charge in [-0.2, -0.15) is 0 Å². The van der Waals surface area contributed by atoms with Crippen LogP contribution in [0.3, 0.4) is 0 Å². The standard InChI is InChI=1S/C21H23N3OS/c1-13-10-11-14(2)18(12-13)20(25)16(4)26-21-23-22-17(5)24(21)19-9-7-6-8-15(19)3/h6-12,16H,1-5H3. The number of thioether (sulfide) groups is 1. The zero-order valence-corrected chi connectivity index (χ0v) is 16.6. The molecule has 5 heteroatoms. The van der Waals surface area contributed by atoms with Crippen molar-refractivity contribution in [2.75, 3.05) is 0 Å². The number of hydrogen-bond donors (Lipinski definition) is 0. The molecule has 1 aromatic heterocycles. The SMILES string of the molecule is Cc1ccc(C)c(C(=O)C(C)Sc2nnc(C)n2-c2ccccc2C)c1. The van der Waals surface area contributed by atoms with Crippen molar-refractivity contribution in [3.8, 4) is 5.69 Å². The van der Waals surface area contributed by atoms with Gasteiger partial charge >= 0.3 is 0 Å². The fourth-order valence-electron chi connectivity index (χ4n) is 2.94. The molecule has 0 bridgehead atoms. The molecule has 4 nitrogen and oxygen atoms in total. The van der Waals surface area contributed by atoms with Crippen LogP contribution in [0.15, 0.2) is 47.6 Å². The summed E-state index contributed by atoms with van der Waals surface area (Å²) in [5.74, 6) is 0.932. The molecular formula is C21H23N3OS. The minimum atomic E-state index is -0.248. The maximum atomic E-state index is 13.0. The van der Waals surface area contributed by atoms with Gasteiger partial charge in [-0.1, -0.05) is 47.7 Å². The molecule has 3 rings (SSSR count). The molecule has 0 fully saturated rings. The number of benzene rings is 2. The zero-order valence-electron chi connectivity index (χ0n) is 15.8. The van der Waals surface area contributed by atoms with Gasteiger partial charge in [0.15, 0.2) is 10.9 Å². The van der Waals surface area contributed by atoms with Crippen LogP contribution < -0.4 is 0 Å². The molecule has 26 heavy (non-hydrogen) atoms. The highest BCUT2D eigenvalue weighted by Crippen LogP contribution is 2.29. The summed E-state index contributed by atoms with van der Waals surface area (Å²) in [6, 6.07) is 14.1. The molecule has 3 aromatic rings. The summed E-state index contributed by atoms with van der Waals surface area (Å²) in [7, 11) is 0. The fraction of sp³-hybridized carbons (Fsp3) is 0.286. The molecule has 0 aliphatic carbocycles. The highest BCUT2D eigenvalue weighted by molar-refractivity contribution is 8.00. The molecule has 0 aliphatic heterocycles. The van der Waals surface area contributed by atoms with E-state index >= 15 is 0 Å². The molecule has 1 unspecified atom stereocenters. The topological polar surface area (TPSA) is 47.8 Å². The Morgan fingerprint density at radius 2 is 1.73 bits per heavy atom. The van der Waals surface area contributed by atoms with E-state index < -0.39 is 0 Å². The van der Waals surface area contributed by atoms with Gasteiger partial charge in [0.05, 0.1) is 10.9 Å². The van der Waals surface area contributed by atoms with Gasteiger partial charge in [-0.25, -0.2) is 0 Å². The highest BCUT2D eigenvalue weighted by Gasteiger charge is 2.22. The Morgan fingerprint density at radius 3 is 2.46 bits per heavy atom. The molecule has 2 aromatic carbocycles. The molecule has 0 N–H and O–H groups in total. The second kappa shape index (κ2) is 7.46. The fourth-order valence-corrected chi connectivity index (χ4v) is 3.92. The van der Waals surface area contributed by atoms with Crippen molar-refractivity contribution in [3.05, 3.63) is 70.5 Å². The minimum absolute atomic E-state index is 0.119. The van der Waals surface area contributed by atoms with E-state index in [0.29, 0.717) is 0 Å². The second-order valence-electron chi connectivity index (χ2n) is 6.59. The van der Waals surface area contributed by atoms with Gasteiger partial charge in [-0.05, 0) is 57.9 Å². The Morgan fingerprint density at radius 1 is 1.00 bits per heavy atom. The van der Waals surface area contributed by atoms with E-state index in [1.807, 2.05) is 68.7 Å². The largest absolute Gasteiger partial charge is 0.293 e. The molecule has 0 radical (unpaired) electrons. The smallest absolute Gasteiger partial charge is 0.196 e. The van der Waals surface area contributed by atoms with Crippen LogP contribution in [0.4, 0.5) is 0 Å². The number of hydrogen-bond acceptors (Lipinski definition) is 4. The summed E-state index contributed by atoms with van der Waals surface area (Å²) < 4.78 is 2.02. The van der Waals surface area contributed by atoms with Gasteiger partial charge in [-0.15, -0.1) is 10.2 Å². The Balaban J connectivity index is 1.91. The van der Waals surface area contributed by atoms with Crippen molar-refractivity contribution >= 4 is 17.5 Å². The third-order valence-corrected chi connectivity index (χ3v) is 5.50. The van der Waals surface area contributed by atoms with Crippen LogP contribution >= 0.6 is 11.8 Å². The third kappa shape index (κ3) is 3.58. The lowest BCUT2D eigenvalue weighted by molar-refractivity contribution is 0.0993. The predicted molar refractivity (Wildman–Crippen MR) is 106 cm³/mol. The van der Waals surface area contributed by atoms with Gasteiger partial charge in [-0.3, -0.25) is 9.36 Å². The summed E-state index contributed by atoms with van der Waals surface area (Å²) in [5, 5.41) is 9.04. The number of carbonyl (C=O) groups excluding carboxylic acids is 1. The Bertz CT molecular complexity index is 962. The van der Waals surface area contributed by atoms with Crippen LogP contribution in [0.25, 0.3) is 5.69 Å². The quantitative estimate of drug-likeness (QED) is 0.478. The molecule has 0 aliphatic rings. The first-order valence-electron chi connectivity index (χ1n) is 8.64. The van der Waals surface area contributed by atoms with E-state index in [0.717, 1.165) is 38.9 Å². The third-order valence-electron chi connectivity index (χ3n) is 4.46. The molecule has 1 atom stereocenters. The van der Waals surface area contributed by atoms with Gasteiger partial charge < -0.3 is 0 Å². The van der Waals surface area contributed by atoms with Crippen LogP contribution in [0, 0.1) is 27.7 Å². The van der Waals surface area contributed by atoms with Crippen LogP contribution in [-0.2, 0) is 0 Å². The summed E-state index contributed by atoms with van der Waals surface area (Å²) in [5.41, 5.74) is 5.07. The van der Waals surface area contributed by atoms with Gasteiger partial charge in [0.25, 0.3) is 0 Å². The second-order valence-corrected chi connectivity index (χ2v) is 7.90. The molecular weight excluding hydrogens is 342 g/mol. The summed E-state index contributed by atoms with van der Waals surface area (Å²) in [6.07, 6.45) is 0. The van der Waals surface area contributed by atoms with Gasteiger partial charge in [0.2, 0.25) is 0 Å². The number of rotatable bonds is 5. The molecule has 0 saturated carbocycles. The first-order chi connectivity index (χ1) is 12.4. The Labute approximate surface area is 158 Å². The van der Waals surface area contributed by atoms with Crippen molar-refractivity contribution in [3.63, 3.8) is 0 Å². The van der Waals surface area contributed by atoms with Crippen LogP contribution in [0.1, 0.15) is 39.8 Å². The number of aryl methyl sites for hydroxylation is 4. The van der Waals surface area contributed by atoms with Crippen LogP contribution in [-0.4, -0.2) is 25.8 Å². The minimum Gasteiger partial charge on any atom is -0.293 e. The van der Waals surface area contributed by atoms with E-state index in [9.17, 15) is 4.79 Å². The van der Waals surface area contributed by atoms with Gasteiger partial charge in [0, 0.05) is 5.56 Å². The average molecular weight is 366 g/mol. The molecule has 134 valence electrons. The number of ketones is 1. The van der Waals surface area contributed by atoms with Crippen molar-refractivity contribution in [2.45, 2.75) is 45.0 Å². The van der Waals surface area contributed by atoms with Crippen LogP contribution in [0.2, 0.25) is 0 Å². The maximum Gasteiger partial charge on any atom is 0.196 e. The van der Waals surface area contributed by atoms with Crippen molar-refractivity contribution in [1.29, 1.82) is 0 Å². The number of Topliss-reactive ketones (excluding diaryl/α,β-unsaturated/α-hetero) is 1. The number of nitrogens with zero attached hydrogens (tertiary/aromatic N) is 3. The average Bonchev–Trinajstić information content (AvgIpc) is 2.97. The lowest BCUT2D eigenvalue weighted by Gasteiger charge is -2.15. The Hall–Kier alpha value is -2.40. The lowest BCUT2D eigenvalue weighted by Crippen LogP contribution is -2.16. The number of para-hydroxylation sites is 1. The first kappa shape index (κ1) is 18.4. The first-order valence-corrected chi connectivity index (χ1v) is 9.52. The summed E-state index contributed by atoms with van der Waals surface area (Å²) in [6.45, 7) is 9.91. The molecule has 0 saturated heterocycles. The summed E-state index contributed by atoms with van der Waals surface area (Å²) >= 11 is 1.45. The van der Waals surface area contributed by atoms with Crippen molar-refractivity contribution < 1.29 is 4.79 Å². The van der Waals surface area contributed by atoms with Gasteiger partial charge in [0.1, 0.15) is 5.82 Å². The molecule has 0 amide bonds. The normalized spacial score (nSPS) is 12.2. The lowest BCUT2D eigenvalue weighted by atomic mass is 10.0. The number of carbonyl (C=O) groups is 1. The van der Waals surface area contributed by atoms with E-state index in [-0.39, 0.29) is 11.0 Å². The van der Waals surface area contributed by atoms with E-state index in [4.69, 9.17) is 0 Å². The van der Waals surface area contributed by atoms with Crippen molar-refractivity contribution in [1.82, 2.24) is 14.8 Å². The maximum absolute atomic E-state index is 13.0. The number of aromatic nitrogens is 3. The molecule has 1 heterocycles. The monoisotopic (exact) mass is 365 g/mol. The summed E-state index contributed by atoms with van der Waals surface area (Å²) in [4.78, 5) is 13.0. The van der Waals surface area contributed by atoms with Crippen LogP contribution in [0.5, 0.6) is 0 Å². The zero-order chi connectivity index (χ0) is 18.8.